The van der Waals surface area contributed by atoms with Gasteiger partial charge >= 0.3 is 6.09 Å². The highest BCUT2D eigenvalue weighted by Gasteiger charge is 2.30. The average Bonchev–Trinajstić information content (AvgIpc) is 2.72. The maximum atomic E-state index is 12.4. The fourth-order valence-electron chi connectivity index (χ4n) is 3.52. The van der Waals surface area contributed by atoms with Gasteiger partial charge in [-0.1, -0.05) is 11.8 Å². The Kier molecular flexibility index (Phi) is 6.72. The molecule has 0 saturated carbocycles. The molecule has 0 radical (unpaired) electrons. The molecule has 2 aromatic rings. The van der Waals surface area contributed by atoms with Crippen molar-refractivity contribution in [3.05, 3.63) is 35.2 Å². The Morgan fingerprint density at radius 1 is 1.19 bits per heavy atom. The number of rotatable bonds is 2. The van der Waals surface area contributed by atoms with Gasteiger partial charge in [0.25, 0.3) is 0 Å². The standard InChI is InChI=1S/C23H31N7O2/c1-15-18(8-6-16-7-9-19(24)26-14-16)20(28-21(25)27-15)30-12-10-17(11-13-30)29(5)22(31)32-23(2,3)4/h7,9,14,17H,10-13H2,1-5H3,(H2,24,26)(H2,25,27,28). The van der Waals surface area contributed by atoms with E-state index in [0.717, 1.165) is 29.7 Å². The quantitative estimate of drug-likeness (QED) is 0.687. The number of nitrogens with two attached hydrogens (primary N) is 2. The topological polar surface area (TPSA) is 123 Å². The van der Waals surface area contributed by atoms with E-state index in [9.17, 15) is 4.79 Å². The lowest BCUT2D eigenvalue weighted by atomic mass is 10.0. The van der Waals surface area contributed by atoms with Crippen molar-refractivity contribution in [3.8, 4) is 11.8 Å². The number of anilines is 3. The van der Waals surface area contributed by atoms with Crippen LogP contribution in [0.3, 0.4) is 0 Å². The molecule has 3 rings (SSSR count). The van der Waals surface area contributed by atoms with Gasteiger partial charge in [-0.25, -0.2) is 14.8 Å². The highest BCUT2D eigenvalue weighted by atomic mass is 16.6. The molecule has 0 spiro atoms. The molecule has 9 heteroatoms. The van der Waals surface area contributed by atoms with Crippen molar-refractivity contribution in [2.24, 2.45) is 0 Å². The van der Waals surface area contributed by atoms with Crippen LogP contribution in [0.2, 0.25) is 0 Å². The van der Waals surface area contributed by atoms with Crippen LogP contribution in [0.25, 0.3) is 0 Å². The molecule has 3 heterocycles. The second kappa shape index (κ2) is 9.30. The first-order valence-corrected chi connectivity index (χ1v) is 10.6. The van der Waals surface area contributed by atoms with Gasteiger partial charge in [-0.3, -0.25) is 0 Å². The van der Waals surface area contributed by atoms with Crippen molar-refractivity contribution in [1.29, 1.82) is 0 Å². The van der Waals surface area contributed by atoms with Crippen LogP contribution in [0.5, 0.6) is 0 Å². The highest BCUT2D eigenvalue weighted by Crippen LogP contribution is 2.26. The van der Waals surface area contributed by atoms with Crippen LogP contribution in [-0.2, 0) is 4.74 Å². The van der Waals surface area contributed by atoms with Crippen molar-refractivity contribution in [3.63, 3.8) is 0 Å². The number of aryl methyl sites for hydroxylation is 1. The SMILES string of the molecule is Cc1nc(N)nc(N2CCC(N(C)C(=O)OC(C)(C)C)CC2)c1C#Cc1ccc(N)nc1. The molecule has 0 atom stereocenters. The summed E-state index contributed by atoms with van der Waals surface area (Å²) >= 11 is 0. The van der Waals surface area contributed by atoms with Crippen LogP contribution in [0, 0.1) is 18.8 Å². The smallest absolute Gasteiger partial charge is 0.410 e. The van der Waals surface area contributed by atoms with Crippen molar-refractivity contribution >= 4 is 23.7 Å². The summed E-state index contributed by atoms with van der Waals surface area (Å²) in [6.07, 6.45) is 2.90. The Bertz CT molecular complexity index is 1030. The zero-order valence-corrected chi connectivity index (χ0v) is 19.3. The Balaban J connectivity index is 1.77. The van der Waals surface area contributed by atoms with E-state index >= 15 is 0 Å². The van der Waals surface area contributed by atoms with Crippen molar-refractivity contribution in [2.75, 3.05) is 36.5 Å². The van der Waals surface area contributed by atoms with Gasteiger partial charge in [0.15, 0.2) is 0 Å². The molecule has 0 bridgehead atoms. The molecule has 9 nitrogen and oxygen atoms in total. The highest BCUT2D eigenvalue weighted by molar-refractivity contribution is 5.68. The number of aromatic nitrogens is 3. The van der Waals surface area contributed by atoms with Gasteiger partial charge in [-0.05, 0) is 52.7 Å². The van der Waals surface area contributed by atoms with E-state index in [0.29, 0.717) is 24.7 Å². The minimum atomic E-state index is -0.518. The first kappa shape index (κ1) is 23.1. The van der Waals surface area contributed by atoms with Crippen LogP contribution < -0.4 is 16.4 Å². The summed E-state index contributed by atoms with van der Waals surface area (Å²) in [6, 6.07) is 3.63. The number of ether oxygens (including phenoxy) is 1. The fraction of sp³-hybridized carbons (Fsp3) is 0.478. The zero-order chi connectivity index (χ0) is 23.5. The van der Waals surface area contributed by atoms with Crippen molar-refractivity contribution in [1.82, 2.24) is 19.9 Å². The summed E-state index contributed by atoms with van der Waals surface area (Å²) in [5, 5.41) is 0. The predicted molar refractivity (Wildman–Crippen MR) is 125 cm³/mol. The second-order valence-electron chi connectivity index (χ2n) is 8.90. The van der Waals surface area contributed by atoms with Crippen LogP contribution in [-0.4, -0.2) is 57.7 Å². The minimum Gasteiger partial charge on any atom is -0.444 e. The number of piperidine rings is 1. The van der Waals surface area contributed by atoms with Crippen LogP contribution in [0.15, 0.2) is 18.3 Å². The van der Waals surface area contributed by atoms with Crippen molar-refractivity contribution in [2.45, 2.75) is 52.2 Å². The average molecular weight is 438 g/mol. The maximum Gasteiger partial charge on any atom is 0.410 e. The number of carbonyl (C=O) groups excluding carboxylic acids is 1. The molecule has 32 heavy (non-hydrogen) atoms. The van der Waals surface area contributed by atoms with Crippen LogP contribution in [0.1, 0.15) is 50.4 Å². The molecule has 4 N–H and O–H groups in total. The normalized spacial score (nSPS) is 14.5. The molecule has 170 valence electrons. The summed E-state index contributed by atoms with van der Waals surface area (Å²) < 4.78 is 5.50. The maximum absolute atomic E-state index is 12.4. The van der Waals surface area contributed by atoms with Gasteiger partial charge in [-0.2, -0.15) is 4.98 Å². The van der Waals surface area contributed by atoms with Gasteiger partial charge in [-0.15, -0.1) is 0 Å². The third-order valence-corrected chi connectivity index (χ3v) is 5.20. The number of nitrogen functional groups attached to an aromatic ring is 2. The molecule has 0 aromatic carbocycles. The molecule has 1 aliphatic heterocycles. The van der Waals surface area contributed by atoms with Gasteiger partial charge < -0.3 is 26.0 Å². The monoisotopic (exact) mass is 437 g/mol. The molecule has 1 saturated heterocycles. The first-order chi connectivity index (χ1) is 15.0. The van der Waals surface area contributed by atoms with E-state index in [1.807, 2.05) is 33.8 Å². The Hall–Kier alpha value is -3.54. The third kappa shape index (κ3) is 5.78. The molecular formula is C23H31N7O2. The molecular weight excluding hydrogens is 406 g/mol. The Morgan fingerprint density at radius 2 is 1.88 bits per heavy atom. The van der Waals surface area contributed by atoms with E-state index in [2.05, 4.69) is 31.7 Å². The summed E-state index contributed by atoms with van der Waals surface area (Å²) in [4.78, 5) is 29.1. The van der Waals surface area contributed by atoms with E-state index in [1.54, 1.807) is 24.2 Å². The second-order valence-corrected chi connectivity index (χ2v) is 8.90. The Labute approximate surface area is 189 Å². The van der Waals surface area contributed by atoms with E-state index in [-0.39, 0.29) is 18.1 Å². The van der Waals surface area contributed by atoms with Crippen LogP contribution in [0.4, 0.5) is 22.4 Å². The predicted octanol–water partition coefficient (Wildman–Crippen LogP) is 2.58. The van der Waals surface area contributed by atoms with Crippen LogP contribution >= 0.6 is 0 Å². The van der Waals surface area contributed by atoms with Gasteiger partial charge in [0.2, 0.25) is 5.95 Å². The number of pyridine rings is 1. The van der Waals surface area contributed by atoms with E-state index in [1.165, 1.54) is 0 Å². The number of amides is 1. The van der Waals surface area contributed by atoms with E-state index < -0.39 is 5.60 Å². The summed E-state index contributed by atoms with van der Waals surface area (Å²) in [5.41, 5.74) is 13.3. The lowest BCUT2D eigenvalue weighted by Gasteiger charge is -2.38. The minimum absolute atomic E-state index is 0.0942. The summed E-state index contributed by atoms with van der Waals surface area (Å²) in [6.45, 7) is 8.90. The third-order valence-electron chi connectivity index (χ3n) is 5.20. The lowest BCUT2D eigenvalue weighted by Crippen LogP contribution is -2.47. The summed E-state index contributed by atoms with van der Waals surface area (Å²) in [5.74, 6) is 7.66. The lowest BCUT2D eigenvalue weighted by molar-refractivity contribution is 0.0201. The number of carbonyl (C=O) groups is 1. The van der Waals surface area contributed by atoms with E-state index in [4.69, 9.17) is 16.2 Å². The fourth-order valence-corrected chi connectivity index (χ4v) is 3.52. The number of nitrogens with zero attached hydrogens (tertiary/aromatic N) is 5. The molecule has 2 aromatic heterocycles. The number of hydrogen-bond donors (Lipinski definition) is 2. The molecule has 1 aliphatic rings. The van der Waals surface area contributed by atoms with Gasteiger partial charge in [0, 0.05) is 37.9 Å². The van der Waals surface area contributed by atoms with Crippen molar-refractivity contribution < 1.29 is 9.53 Å². The summed E-state index contributed by atoms with van der Waals surface area (Å²) in [7, 11) is 1.79. The number of hydrogen-bond acceptors (Lipinski definition) is 8. The largest absolute Gasteiger partial charge is 0.444 e. The molecule has 0 unspecified atom stereocenters. The molecule has 0 aliphatic carbocycles. The zero-order valence-electron chi connectivity index (χ0n) is 19.3. The Morgan fingerprint density at radius 3 is 2.47 bits per heavy atom. The first-order valence-electron chi connectivity index (χ1n) is 10.6. The molecule has 1 amide bonds. The van der Waals surface area contributed by atoms with Gasteiger partial charge in [0.05, 0.1) is 11.3 Å². The molecule has 1 fully saturated rings. The van der Waals surface area contributed by atoms with Gasteiger partial charge in [0.1, 0.15) is 17.2 Å².